The van der Waals surface area contributed by atoms with Crippen LogP contribution in [0.4, 0.5) is 4.39 Å². The molecule has 0 saturated heterocycles. The molecule has 0 amide bonds. The monoisotopic (exact) mass is 166 g/mol. The molecule has 0 atom stereocenters. The third kappa shape index (κ3) is 1.70. The van der Waals surface area contributed by atoms with Gasteiger partial charge in [0.1, 0.15) is 5.82 Å². The number of aryl methyl sites for hydroxylation is 1. The minimum absolute atomic E-state index is 0.100. The van der Waals surface area contributed by atoms with E-state index in [1.54, 1.807) is 12.1 Å². The van der Waals surface area contributed by atoms with Crippen molar-refractivity contribution in [2.24, 2.45) is 0 Å². The van der Waals surface area contributed by atoms with Crippen LogP contribution >= 0.6 is 0 Å². The second-order valence-corrected chi connectivity index (χ2v) is 2.72. The van der Waals surface area contributed by atoms with Gasteiger partial charge in [0, 0.05) is 5.56 Å². The van der Waals surface area contributed by atoms with Gasteiger partial charge in [-0.3, -0.25) is 4.79 Å². The minimum atomic E-state index is -0.287. The summed E-state index contributed by atoms with van der Waals surface area (Å²) in [5.41, 5.74) is 1.09. The van der Waals surface area contributed by atoms with Crippen molar-refractivity contribution in [3.05, 3.63) is 35.1 Å². The van der Waals surface area contributed by atoms with Crippen LogP contribution in [-0.4, -0.2) is 5.78 Å². The summed E-state index contributed by atoms with van der Waals surface area (Å²) in [4.78, 5) is 10.8. The predicted octanol–water partition coefficient (Wildman–Crippen LogP) is 2.59. The molecule has 1 nitrogen and oxygen atoms in total. The Balaban J connectivity index is 3.10. The van der Waals surface area contributed by atoms with Crippen molar-refractivity contribution in [2.45, 2.75) is 20.3 Å². The molecule has 64 valence electrons. The highest BCUT2D eigenvalue weighted by molar-refractivity contribution is 5.94. The van der Waals surface area contributed by atoms with Gasteiger partial charge in [0.2, 0.25) is 0 Å². The van der Waals surface area contributed by atoms with Crippen LogP contribution in [0.3, 0.4) is 0 Å². The molecule has 0 spiro atoms. The van der Waals surface area contributed by atoms with Crippen LogP contribution in [0.5, 0.6) is 0 Å². The number of carbonyl (C=O) groups is 1. The second-order valence-electron chi connectivity index (χ2n) is 2.72. The normalized spacial score (nSPS) is 9.92. The molecule has 2 heteroatoms. The Morgan fingerprint density at radius 2 is 2.17 bits per heavy atom. The van der Waals surface area contributed by atoms with Gasteiger partial charge < -0.3 is 0 Å². The zero-order valence-corrected chi connectivity index (χ0v) is 7.23. The van der Waals surface area contributed by atoms with E-state index in [4.69, 9.17) is 0 Å². The quantitative estimate of drug-likeness (QED) is 0.617. The van der Waals surface area contributed by atoms with E-state index in [2.05, 4.69) is 0 Å². The van der Waals surface area contributed by atoms with Gasteiger partial charge in [-0.05, 0) is 25.0 Å². The lowest BCUT2D eigenvalue weighted by molar-refractivity contribution is 0.101. The molecule has 1 rings (SSSR count). The summed E-state index contributed by atoms with van der Waals surface area (Å²) in [6.07, 6.45) is 0.657. The smallest absolute Gasteiger partial charge is 0.159 e. The van der Waals surface area contributed by atoms with Gasteiger partial charge in [0.15, 0.2) is 5.78 Å². The van der Waals surface area contributed by atoms with Crippen LogP contribution < -0.4 is 0 Å². The summed E-state index contributed by atoms with van der Waals surface area (Å²) >= 11 is 0. The van der Waals surface area contributed by atoms with Crippen LogP contribution in [0.15, 0.2) is 18.2 Å². The van der Waals surface area contributed by atoms with E-state index in [0.29, 0.717) is 17.5 Å². The molecule has 0 fully saturated rings. The molecule has 0 radical (unpaired) electrons. The van der Waals surface area contributed by atoms with Gasteiger partial charge in [-0.25, -0.2) is 4.39 Å². The molecule has 0 aliphatic heterocycles. The third-order valence-corrected chi connectivity index (χ3v) is 1.84. The molecule has 0 bridgehead atoms. The maximum Gasteiger partial charge on any atom is 0.159 e. The molecule has 1 aromatic carbocycles. The molecule has 0 aliphatic carbocycles. The lowest BCUT2D eigenvalue weighted by atomic mass is 10.1. The number of carbonyl (C=O) groups excluding carboxylic acids is 1. The molecule has 0 unspecified atom stereocenters. The number of ketones is 1. The van der Waals surface area contributed by atoms with Gasteiger partial charge >= 0.3 is 0 Å². The number of Topliss-reactive ketones (excluding diaryl/α,β-unsaturated/α-hetero) is 1. The summed E-state index contributed by atoms with van der Waals surface area (Å²) in [7, 11) is 0. The first-order valence-electron chi connectivity index (χ1n) is 3.94. The summed E-state index contributed by atoms with van der Waals surface area (Å²) in [6, 6.07) is 4.61. The van der Waals surface area contributed by atoms with E-state index in [0.717, 1.165) is 0 Å². The van der Waals surface area contributed by atoms with Crippen molar-refractivity contribution in [3.63, 3.8) is 0 Å². The highest BCUT2D eigenvalue weighted by Crippen LogP contribution is 2.11. The summed E-state index contributed by atoms with van der Waals surface area (Å²) in [5, 5.41) is 0. The zero-order chi connectivity index (χ0) is 9.14. The average molecular weight is 166 g/mol. The first-order valence-corrected chi connectivity index (χ1v) is 3.94. The molecule has 1 aromatic rings. The molecule has 0 saturated carbocycles. The van der Waals surface area contributed by atoms with Crippen molar-refractivity contribution >= 4 is 5.78 Å². The molecule has 12 heavy (non-hydrogen) atoms. The number of hydrogen-bond donors (Lipinski definition) is 0. The fourth-order valence-corrected chi connectivity index (χ4v) is 1.05. The fourth-order valence-electron chi connectivity index (χ4n) is 1.05. The maximum atomic E-state index is 13.1. The predicted molar refractivity (Wildman–Crippen MR) is 45.8 cm³/mol. The lowest BCUT2D eigenvalue weighted by Gasteiger charge is -2.00. The number of hydrogen-bond acceptors (Lipinski definition) is 1. The van der Waals surface area contributed by atoms with E-state index in [-0.39, 0.29) is 11.6 Å². The van der Waals surface area contributed by atoms with Crippen LogP contribution in [0.25, 0.3) is 0 Å². The van der Waals surface area contributed by atoms with Gasteiger partial charge in [0.25, 0.3) is 0 Å². The Morgan fingerprint density at radius 1 is 1.50 bits per heavy atom. The second kappa shape index (κ2) is 3.48. The standard InChI is InChI=1S/C10H11FO/c1-3-8-4-5-9(7(2)12)6-10(8)11/h4-6H,3H2,1-2H3. The molecule has 0 heterocycles. The van der Waals surface area contributed by atoms with Crippen molar-refractivity contribution < 1.29 is 9.18 Å². The van der Waals surface area contributed by atoms with Crippen molar-refractivity contribution in [1.82, 2.24) is 0 Å². The molecule has 0 aliphatic rings. The van der Waals surface area contributed by atoms with E-state index in [1.165, 1.54) is 13.0 Å². The van der Waals surface area contributed by atoms with Crippen molar-refractivity contribution in [3.8, 4) is 0 Å². The Bertz CT molecular complexity index is 305. The Kier molecular flexibility index (Phi) is 2.58. The highest BCUT2D eigenvalue weighted by atomic mass is 19.1. The van der Waals surface area contributed by atoms with Crippen molar-refractivity contribution in [1.29, 1.82) is 0 Å². The first kappa shape index (κ1) is 8.91. The van der Waals surface area contributed by atoms with Crippen LogP contribution in [0, 0.1) is 5.82 Å². The van der Waals surface area contributed by atoms with Gasteiger partial charge in [-0.2, -0.15) is 0 Å². The summed E-state index contributed by atoms with van der Waals surface area (Å²) in [5.74, 6) is -0.387. The minimum Gasteiger partial charge on any atom is -0.295 e. The molecule has 0 aromatic heterocycles. The van der Waals surface area contributed by atoms with Crippen LogP contribution in [-0.2, 0) is 6.42 Å². The lowest BCUT2D eigenvalue weighted by Crippen LogP contribution is -1.95. The van der Waals surface area contributed by atoms with Gasteiger partial charge in [-0.15, -0.1) is 0 Å². The Hall–Kier alpha value is -1.18. The molecular formula is C10H11FO. The zero-order valence-electron chi connectivity index (χ0n) is 7.23. The largest absolute Gasteiger partial charge is 0.295 e. The average Bonchev–Trinajstić information content (AvgIpc) is 2.04. The van der Waals surface area contributed by atoms with E-state index in [1.807, 2.05) is 6.92 Å². The number of halogens is 1. The summed E-state index contributed by atoms with van der Waals surface area (Å²) in [6.45, 7) is 3.31. The maximum absolute atomic E-state index is 13.1. The van der Waals surface area contributed by atoms with Crippen molar-refractivity contribution in [2.75, 3.05) is 0 Å². The summed E-state index contributed by atoms with van der Waals surface area (Å²) < 4.78 is 13.1. The Labute approximate surface area is 71.2 Å². The first-order chi connectivity index (χ1) is 5.65. The van der Waals surface area contributed by atoms with Crippen LogP contribution in [0.2, 0.25) is 0 Å². The van der Waals surface area contributed by atoms with E-state index in [9.17, 15) is 9.18 Å². The molecular weight excluding hydrogens is 155 g/mol. The number of benzene rings is 1. The third-order valence-electron chi connectivity index (χ3n) is 1.84. The SMILES string of the molecule is CCc1ccc(C(C)=O)cc1F. The molecule has 0 N–H and O–H groups in total. The van der Waals surface area contributed by atoms with E-state index < -0.39 is 0 Å². The topological polar surface area (TPSA) is 17.1 Å². The van der Waals surface area contributed by atoms with Gasteiger partial charge in [0.05, 0.1) is 0 Å². The van der Waals surface area contributed by atoms with Gasteiger partial charge in [-0.1, -0.05) is 19.1 Å². The van der Waals surface area contributed by atoms with Crippen LogP contribution in [0.1, 0.15) is 29.8 Å². The number of rotatable bonds is 2. The fraction of sp³-hybridized carbons (Fsp3) is 0.300. The van der Waals surface area contributed by atoms with E-state index >= 15 is 0 Å². The highest BCUT2D eigenvalue weighted by Gasteiger charge is 2.03. The Morgan fingerprint density at radius 3 is 2.58 bits per heavy atom.